The van der Waals surface area contributed by atoms with Crippen LogP contribution >= 0.6 is 11.3 Å². The zero-order valence-corrected chi connectivity index (χ0v) is 12.3. The van der Waals surface area contributed by atoms with Gasteiger partial charge >= 0.3 is 0 Å². The summed E-state index contributed by atoms with van der Waals surface area (Å²) < 4.78 is 2.21. The van der Waals surface area contributed by atoms with Crippen LogP contribution in [0, 0.1) is 0 Å². The molecule has 0 radical (unpaired) electrons. The minimum absolute atomic E-state index is 0.484. The molecule has 1 aliphatic carbocycles. The molecule has 0 bridgehead atoms. The van der Waals surface area contributed by atoms with Crippen LogP contribution < -0.4 is 5.32 Å². The summed E-state index contributed by atoms with van der Waals surface area (Å²) in [5.41, 5.74) is 2.45. The summed E-state index contributed by atoms with van der Waals surface area (Å²) in [6, 6.07) is 0.484. The standard InChI is InChI=1S/C14H20N4S/c1-3-7-18-9-16-8-12(18)14-17-11-6-4-5-10(15-2)13(11)19-14/h8-10,15H,3-7H2,1-2H3. The van der Waals surface area contributed by atoms with Gasteiger partial charge in [-0.1, -0.05) is 6.92 Å². The van der Waals surface area contributed by atoms with Gasteiger partial charge in [-0.15, -0.1) is 11.3 Å². The lowest BCUT2D eigenvalue weighted by atomic mass is 9.98. The molecule has 1 atom stereocenters. The van der Waals surface area contributed by atoms with Crippen molar-refractivity contribution in [2.75, 3.05) is 7.05 Å². The van der Waals surface area contributed by atoms with E-state index in [0.29, 0.717) is 6.04 Å². The zero-order valence-electron chi connectivity index (χ0n) is 11.5. The fourth-order valence-corrected chi connectivity index (χ4v) is 4.00. The predicted octanol–water partition coefficient (Wildman–Crippen LogP) is 3.01. The highest BCUT2D eigenvalue weighted by Gasteiger charge is 2.24. The number of hydrogen-bond donors (Lipinski definition) is 1. The van der Waals surface area contributed by atoms with Crippen molar-refractivity contribution in [3.63, 3.8) is 0 Å². The molecule has 0 saturated carbocycles. The van der Waals surface area contributed by atoms with Crippen molar-refractivity contribution in [1.82, 2.24) is 19.9 Å². The molecule has 1 aliphatic rings. The van der Waals surface area contributed by atoms with E-state index < -0.39 is 0 Å². The van der Waals surface area contributed by atoms with Crippen molar-refractivity contribution in [2.45, 2.75) is 45.2 Å². The third-order valence-electron chi connectivity index (χ3n) is 3.69. The number of aryl methyl sites for hydroxylation is 2. The SMILES string of the molecule is CCCn1cncc1-c1nc2c(s1)C(NC)CCC2. The minimum Gasteiger partial charge on any atom is -0.329 e. The molecule has 4 nitrogen and oxygen atoms in total. The minimum atomic E-state index is 0.484. The summed E-state index contributed by atoms with van der Waals surface area (Å²) in [5.74, 6) is 0. The quantitative estimate of drug-likeness (QED) is 0.933. The summed E-state index contributed by atoms with van der Waals surface area (Å²) in [6.07, 6.45) is 8.54. The van der Waals surface area contributed by atoms with Crippen molar-refractivity contribution in [1.29, 1.82) is 0 Å². The summed E-state index contributed by atoms with van der Waals surface area (Å²) in [5, 5.41) is 4.53. The van der Waals surface area contributed by atoms with Crippen LogP contribution in [0.15, 0.2) is 12.5 Å². The van der Waals surface area contributed by atoms with Gasteiger partial charge in [0.05, 0.1) is 23.9 Å². The van der Waals surface area contributed by atoms with Crippen molar-refractivity contribution >= 4 is 11.3 Å². The first-order chi connectivity index (χ1) is 9.33. The number of imidazole rings is 1. The Hall–Kier alpha value is -1.20. The molecule has 0 aliphatic heterocycles. The van der Waals surface area contributed by atoms with E-state index in [4.69, 9.17) is 4.98 Å². The van der Waals surface area contributed by atoms with E-state index in [2.05, 4.69) is 21.8 Å². The smallest absolute Gasteiger partial charge is 0.142 e. The average Bonchev–Trinajstić information content (AvgIpc) is 3.03. The average molecular weight is 276 g/mol. The Morgan fingerprint density at radius 3 is 3.21 bits per heavy atom. The molecule has 102 valence electrons. The molecule has 0 spiro atoms. The van der Waals surface area contributed by atoms with Crippen LogP contribution in [-0.4, -0.2) is 21.6 Å². The molecule has 1 unspecified atom stereocenters. The number of nitrogens with zero attached hydrogens (tertiary/aromatic N) is 3. The lowest BCUT2D eigenvalue weighted by Gasteiger charge is -2.19. The van der Waals surface area contributed by atoms with Crippen molar-refractivity contribution in [3.8, 4) is 10.7 Å². The highest BCUT2D eigenvalue weighted by molar-refractivity contribution is 7.15. The Morgan fingerprint density at radius 2 is 2.42 bits per heavy atom. The number of fused-ring (bicyclic) bond motifs is 1. The van der Waals surface area contributed by atoms with Gasteiger partial charge in [0.15, 0.2) is 0 Å². The second kappa shape index (κ2) is 5.43. The largest absolute Gasteiger partial charge is 0.329 e. The predicted molar refractivity (Wildman–Crippen MR) is 78.4 cm³/mol. The van der Waals surface area contributed by atoms with Crippen LogP contribution in [0.25, 0.3) is 10.7 Å². The lowest BCUT2D eigenvalue weighted by molar-refractivity contribution is 0.501. The summed E-state index contributed by atoms with van der Waals surface area (Å²) in [6.45, 7) is 3.20. The van der Waals surface area contributed by atoms with E-state index in [1.807, 2.05) is 30.9 Å². The second-order valence-corrected chi connectivity index (χ2v) is 6.07. The molecule has 2 aromatic heterocycles. The molecule has 19 heavy (non-hydrogen) atoms. The second-order valence-electron chi connectivity index (χ2n) is 5.04. The summed E-state index contributed by atoms with van der Waals surface area (Å²) in [7, 11) is 2.04. The van der Waals surface area contributed by atoms with Gasteiger partial charge in [0, 0.05) is 17.5 Å². The third kappa shape index (κ3) is 2.32. The van der Waals surface area contributed by atoms with E-state index in [1.54, 1.807) is 0 Å². The molecule has 2 heterocycles. The fourth-order valence-electron chi connectivity index (χ4n) is 2.72. The maximum Gasteiger partial charge on any atom is 0.142 e. The number of hydrogen-bond acceptors (Lipinski definition) is 4. The van der Waals surface area contributed by atoms with Gasteiger partial charge in [-0.05, 0) is 32.7 Å². The Kier molecular flexibility index (Phi) is 3.66. The number of thiazole rings is 1. The fraction of sp³-hybridized carbons (Fsp3) is 0.571. The van der Waals surface area contributed by atoms with E-state index in [1.165, 1.54) is 23.4 Å². The molecular weight excluding hydrogens is 256 g/mol. The first-order valence-corrected chi connectivity index (χ1v) is 7.82. The Morgan fingerprint density at radius 1 is 1.53 bits per heavy atom. The Bertz CT molecular complexity index is 558. The van der Waals surface area contributed by atoms with Gasteiger partial charge in [-0.3, -0.25) is 0 Å². The zero-order chi connectivity index (χ0) is 13.2. The molecule has 0 saturated heterocycles. The van der Waals surface area contributed by atoms with Gasteiger partial charge in [0.2, 0.25) is 0 Å². The molecule has 0 aromatic carbocycles. The highest BCUT2D eigenvalue weighted by atomic mass is 32.1. The van der Waals surface area contributed by atoms with E-state index in [0.717, 1.165) is 30.1 Å². The van der Waals surface area contributed by atoms with Crippen LogP contribution in [0.4, 0.5) is 0 Å². The van der Waals surface area contributed by atoms with E-state index in [9.17, 15) is 0 Å². The van der Waals surface area contributed by atoms with Crippen LogP contribution in [-0.2, 0) is 13.0 Å². The highest BCUT2D eigenvalue weighted by Crippen LogP contribution is 2.37. The molecule has 1 N–H and O–H groups in total. The lowest BCUT2D eigenvalue weighted by Crippen LogP contribution is -2.19. The maximum atomic E-state index is 4.85. The van der Waals surface area contributed by atoms with Crippen molar-refractivity contribution in [3.05, 3.63) is 23.1 Å². The van der Waals surface area contributed by atoms with Gasteiger partial charge in [-0.2, -0.15) is 0 Å². The molecule has 0 fully saturated rings. The Labute approximate surface area is 117 Å². The first-order valence-electron chi connectivity index (χ1n) is 7.00. The van der Waals surface area contributed by atoms with Gasteiger partial charge in [0.25, 0.3) is 0 Å². The van der Waals surface area contributed by atoms with Crippen LogP contribution in [0.1, 0.15) is 42.8 Å². The van der Waals surface area contributed by atoms with Gasteiger partial charge < -0.3 is 9.88 Å². The summed E-state index contributed by atoms with van der Waals surface area (Å²) in [4.78, 5) is 10.6. The molecule has 0 amide bonds. The number of aromatic nitrogens is 3. The van der Waals surface area contributed by atoms with Crippen molar-refractivity contribution in [2.24, 2.45) is 0 Å². The normalized spacial score (nSPS) is 18.5. The third-order valence-corrected chi connectivity index (χ3v) is 4.93. The monoisotopic (exact) mass is 276 g/mol. The molecule has 3 rings (SSSR count). The van der Waals surface area contributed by atoms with Crippen LogP contribution in [0.3, 0.4) is 0 Å². The maximum absolute atomic E-state index is 4.85. The summed E-state index contributed by atoms with van der Waals surface area (Å²) >= 11 is 1.83. The molecule has 5 heteroatoms. The Balaban J connectivity index is 1.98. The van der Waals surface area contributed by atoms with Gasteiger partial charge in [0.1, 0.15) is 5.01 Å². The van der Waals surface area contributed by atoms with Gasteiger partial charge in [-0.25, -0.2) is 9.97 Å². The van der Waals surface area contributed by atoms with Crippen LogP contribution in [0.2, 0.25) is 0 Å². The topological polar surface area (TPSA) is 42.7 Å². The van der Waals surface area contributed by atoms with E-state index >= 15 is 0 Å². The number of rotatable bonds is 4. The molecule has 2 aromatic rings. The van der Waals surface area contributed by atoms with E-state index in [-0.39, 0.29) is 0 Å². The van der Waals surface area contributed by atoms with Crippen molar-refractivity contribution < 1.29 is 0 Å². The number of nitrogens with one attached hydrogen (secondary N) is 1. The first kappa shape index (κ1) is 12.8. The molecular formula is C14H20N4S. The van der Waals surface area contributed by atoms with Crippen LogP contribution in [0.5, 0.6) is 0 Å².